The third-order valence-electron chi connectivity index (χ3n) is 4.01. The van der Waals surface area contributed by atoms with Gasteiger partial charge in [0.05, 0.1) is 0 Å². The number of nitrogens with zero attached hydrogens (tertiary/aromatic N) is 3. The molecule has 3 rings (SSSR count). The topological polar surface area (TPSA) is 84.0 Å². The fraction of sp³-hybridized carbons (Fsp3) is 0.250. The molecule has 8 heteroatoms. The minimum Gasteiger partial charge on any atom is -0.435 e. The molecule has 0 saturated heterocycles. The van der Waals surface area contributed by atoms with E-state index in [1.165, 1.54) is 17.0 Å². The molecule has 0 bridgehead atoms. The van der Waals surface area contributed by atoms with Gasteiger partial charge in [0, 0.05) is 25.0 Å². The first-order valence-electron chi connectivity index (χ1n) is 7.17. The molecule has 2 heterocycles. The van der Waals surface area contributed by atoms with E-state index in [9.17, 15) is 13.9 Å². The number of ether oxygens (including phenoxy) is 1. The summed E-state index contributed by atoms with van der Waals surface area (Å²) in [6, 6.07) is 9.44. The summed E-state index contributed by atoms with van der Waals surface area (Å²) in [5.41, 5.74) is 5.90. The van der Waals surface area contributed by atoms with Crippen LogP contribution in [-0.2, 0) is 5.54 Å². The molecule has 1 aliphatic rings. The van der Waals surface area contributed by atoms with Crippen molar-refractivity contribution in [1.82, 2.24) is 9.88 Å². The van der Waals surface area contributed by atoms with Crippen molar-refractivity contribution in [2.75, 3.05) is 7.05 Å². The number of aromatic nitrogens is 1. The highest BCUT2D eigenvalue weighted by atomic mass is 19.3. The lowest BCUT2D eigenvalue weighted by Crippen LogP contribution is -2.45. The molecule has 2 aromatic rings. The number of aliphatic hydroxyl groups excluding tert-OH is 1. The Balaban J connectivity index is 2.10. The lowest BCUT2D eigenvalue weighted by molar-refractivity contribution is -0.0499. The normalized spacial score (nSPS) is 23.5. The number of likely N-dealkylation sites (N-methyl/N-ethyl adjacent to an activating group) is 1. The summed E-state index contributed by atoms with van der Waals surface area (Å²) in [5, 5.41) is 10.8. The molecule has 3 N–H and O–H groups in total. The second-order valence-corrected chi connectivity index (χ2v) is 5.37. The van der Waals surface area contributed by atoms with Gasteiger partial charge in [-0.1, -0.05) is 18.2 Å². The molecule has 2 unspecified atom stereocenters. The average molecular weight is 334 g/mol. The van der Waals surface area contributed by atoms with E-state index in [2.05, 4.69) is 14.7 Å². The Labute approximate surface area is 137 Å². The van der Waals surface area contributed by atoms with E-state index in [0.717, 1.165) is 0 Å². The Bertz CT molecular complexity index is 740. The molecule has 1 aromatic carbocycles. The third-order valence-corrected chi connectivity index (χ3v) is 4.01. The maximum atomic E-state index is 12.3. The molecule has 1 aliphatic heterocycles. The molecular formula is C16H16F2N4O2. The third kappa shape index (κ3) is 2.54. The summed E-state index contributed by atoms with van der Waals surface area (Å²) >= 11 is 0. The predicted octanol–water partition coefficient (Wildman–Crippen LogP) is 1.51. The van der Waals surface area contributed by atoms with Crippen molar-refractivity contribution in [3.8, 4) is 5.75 Å². The lowest BCUT2D eigenvalue weighted by atomic mass is 9.83. The van der Waals surface area contributed by atoms with Gasteiger partial charge in [0.25, 0.3) is 0 Å². The molecule has 0 amide bonds. The zero-order chi connectivity index (χ0) is 17.3. The van der Waals surface area contributed by atoms with E-state index in [1.54, 1.807) is 43.7 Å². The number of hydrogen-bond donors (Lipinski definition) is 2. The maximum Gasteiger partial charge on any atom is 0.387 e. The number of guanidine groups is 1. The van der Waals surface area contributed by atoms with Crippen LogP contribution in [0.4, 0.5) is 8.78 Å². The molecule has 0 spiro atoms. The molecule has 2 atom stereocenters. The van der Waals surface area contributed by atoms with E-state index >= 15 is 0 Å². The summed E-state index contributed by atoms with van der Waals surface area (Å²) in [7, 11) is 1.62. The van der Waals surface area contributed by atoms with Crippen LogP contribution in [0.3, 0.4) is 0 Å². The highest BCUT2D eigenvalue weighted by Crippen LogP contribution is 2.41. The van der Waals surface area contributed by atoms with Crippen LogP contribution in [0.1, 0.15) is 11.1 Å². The minimum absolute atomic E-state index is 0.0212. The smallest absolute Gasteiger partial charge is 0.387 e. The average Bonchev–Trinajstić information content (AvgIpc) is 2.81. The molecule has 0 radical (unpaired) electrons. The molecule has 24 heavy (non-hydrogen) atoms. The zero-order valence-corrected chi connectivity index (χ0v) is 12.8. The number of halogens is 2. The number of pyridine rings is 1. The van der Waals surface area contributed by atoms with E-state index in [1.807, 2.05) is 0 Å². The first-order valence-corrected chi connectivity index (χ1v) is 7.17. The second-order valence-electron chi connectivity index (χ2n) is 5.37. The Morgan fingerprint density at radius 3 is 2.46 bits per heavy atom. The number of aliphatic imine (C=N–C) groups is 1. The molecule has 0 aliphatic carbocycles. The van der Waals surface area contributed by atoms with Crippen LogP contribution in [0.2, 0.25) is 0 Å². The van der Waals surface area contributed by atoms with Gasteiger partial charge >= 0.3 is 6.61 Å². The molecule has 6 nitrogen and oxygen atoms in total. The van der Waals surface area contributed by atoms with Gasteiger partial charge in [0.1, 0.15) is 5.75 Å². The van der Waals surface area contributed by atoms with Crippen molar-refractivity contribution in [1.29, 1.82) is 0 Å². The molecule has 0 fully saturated rings. The van der Waals surface area contributed by atoms with Crippen molar-refractivity contribution in [3.05, 3.63) is 59.9 Å². The number of aliphatic hydroxyl groups is 1. The Morgan fingerprint density at radius 2 is 1.96 bits per heavy atom. The SMILES string of the molecule is CN1C(N)=NC(c2ccc(OC(F)F)cc2)(c2cccnc2)C1O. The van der Waals surface area contributed by atoms with Crippen LogP contribution < -0.4 is 10.5 Å². The van der Waals surface area contributed by atoms with Crippen molar-refractivity contribution in [2.24, 2.45) is 10.7 Å². The molecule has 126 valence electrons. The minimum atomic E-state index is -2.90. The van der Waals surface area contributed by atoms with Crippen molar-refractivity contribution in [2.45, 2.75) is 18.4 Å². The highest BCUT2D eigenvalue weighted by Gasteiger charge is 2.49. The van der Waals surface area contributed by atoms with E-state index in [0.29, 0.717) is 11.1 Å². The van der Waals surface area contributed by atoms with Crippen LogP contribution in [0.25, 0.3) is 0 Å². The van der Waals surface area contributed by atoms with E-state index in [4.69, 9.17) is 5.73 Å². The quantitative estimate of drug-likeness (QED) is 0.885. The maximum absolute atomic E-state index is 12.3. The number of nitrogens with two attached hydrogens (primary N) is 1. The summed E-state index contributed by atoms with van der Waals surface area (Å²) in [6.45, 7) is -2.90. The van der Waals surface area contributed by atoms with Crippen LogP contribution in [0, 0.1) is 0 Å². The largest absolute Gasteiger partial charge is 0.435 e. The Kier molecular flexibility index (Phi) is 4.06. The fourth-order valence-electron chi connectivity index (χ4n) is 2.80. The Morgan fingerprint density at radius 1 is 1.25 bits per heavy atom. The van der Waals surface area contributed by atoms with Gasteiger partial charge in [-0.3, -0.25) is 4.98 Å². The zero-order valence-electron chi connectivity index (χ0n) is 12.8. The molecule has 0 saturated carbocycles. The number of benzene rings is 1. The number of alkyl halides is 2. The highest BCUT2D eigenvalue weighted by molar-refractivity contribution is 5.82. The van der Waals surface area contributed by atoms with Crippen molar-refractivity contribution < 1.29 is 18.6 Å². The van der Waals surface area contributed by atoms with Crippen LogP contribution in [0.5, 0.6) is 5.75 Å². The lowest BCUT2D eigenvalue weighted by Gasteiger charge is -2.32. The second kappa shape index (κ2) is 6.04. The van der Waals surface area contributed by atoms with Gasteiger partial charge in [-0.05, 0) is 23.8 Å². The van der Waals surface area contributed by atoms with Gasteiger partial charge in [-0.25, -0.2) is 4.99 Å². The summed E-state index contributed by atoms with van der Waals surface area (Å²) in [4.78, 5) is 9.97. The molecular weight excluding hydrogens is 318 g/mol. The van der Waals surface area contributed by atoms with Gasteiger partial charge in [0.2, 0.25) is 0 Å². The van der Waals surface area contributed by atoms with Crippen LogP contribution >= 0.6 is 0 Å². The van der Waals surface area contributed by atoms with Gasteiger partial charge in [0.15, 0.2) is 17.7 Å². The first-order chi connectivity index (χ1) is 11.4. The first kappa shape index (κ1) is 16.1. The monoisotopic (exact) mass is 334 g/mol. The van der Waals surface area contributed by atoms with E-state index in [-0.39, 0.29) is 11.7 Å². The van der Waals surface area contributed by atoms with Gasteiger partial charge < -0.3 is 20.5 Å². The van der Waals surface area contributed by atoms with E-state index < -0.39 is 18.4 Å². The summed E-state index contributed by atoms with van der Waals surface area (Å²) < 4.78 is 29.0. The van der Waals surface area contributed by atoms with Gasteiger partial charge in [-0.2, -0.15) is 8.78 Å². The van der Waals surface area contributed by atoms with Crippen LogP contribution in [0.15, 0.2) is 53.8 Å². The van der Waals surface area contributed by atoms with Gasteiger partial charge in [-0.15, -0.1) is 0 Å². The fourth-order valence-corrected chi connectivity index (χ4v) is 2.80. The number of rotatable bonds is 4. The Hall–Kier alpha value is -2.74. The predicted molar refractivity (Wildman–Crippen MR) is 83.5 cm³/mol. The van der Waals surface area contributed by atoms with Crippen molar-refractivity contribution >= 4 is 5.96 Å². The summed E-state index contributed by atoms with van der Waals surface area (Å²) in [5.74, 6) is 0.187. The molecule has 1 aromatic heterocycles. The van der Waals surface area contributed by atoms with Crippen molar-refractivity contribution in [3.63, 3.8) is 0 Å². The van der Waals surface area contributed by atoms with Crippen LogP contribution in [-0.4, -0.2) is 40.8 Å². The standard InChI is InChI=1S/C16H16F2N4O2/c1-22-13(23)16(21-15(22)19,11-3-2-8-20-9-11)10-4-6-12(7-5-10)24-14(17)18/h2-9,13-14,23H,1H3,(H2,19,21). The summed E-state index contributed by atoms with van der Waals surface area (Å²) in [6.07, 6.45) is 2.13. The number of hydrogen-bond acceptors (Lipinski definition) is 6.